The maximum atomic E-state index is 13.6. The maximum Gasteiger partial charge on any atom is 0.227 e. The van der Waals surface area contributed by atoms with Gasteiger partial charge in [-0.1, -0.05) is 25.1 Å². The lowest BCUT2D eigenvalue weighted by Gasteiger charge is -2.33. The third kappa shape index (κ3) is 5.48. The Morgan fingerprint density at radius 2 is 2.14 bits per heavy atom. The summed E-state index contributed by atoms with van der Waals surface area (Å²) in [5.41, 5.74) is 0.694. The topological polar surface area (TPSA) is 80.0 Å². The molecule has 9 heteroatoms. The lowest BCUT2D eigenvalue weighted by atomic mass is 9.86. The highest BCUT2D eigenvalue weighted by molar-refractivity contribution is 5.85. The van der Waals surface area contributed by atoms with Gasteiger partial charge in [0.15, 0.2) is 17.5 Å². The van der Waals surface area contributed by atoms with Crippen LogP contribution in [-0.4, -0.2) is 35.2 Å². The van der Waals surface area contributed by atoms with Crippen molar-refractivity contribution in [1.29, 1.82) is 0 Å². The van der Waals surface area contributed by atoms with E-state index in [2.05, 4.69) is 20.8 Å². The van der Waals surface area contributed by atoms with Gasteiger partial charge in [-0.3, -0.25) is 4.79 Å². The van der Waals surface area contributed by atoms with E-state index in [1.54, 1.807) is 6.07 Å². The summed E-state index contributed by atoms with van der Waals surface area (Å²) in [5, 5.41) is 10.1. The van der Waals surface area contributed by atoms with Crippen molar-refractivity contribution in [2.45, 2.75) is 51.0 Å². The van der Waals surface area contributed by atoms with Crippen LogP contribution in [0.25, 0.3) is 0 Å². The van der Waals surface area contributed by atoms with Crippen LogP contribution in [0, 0.1) is 11.6 Å². The number of aromatic nitrogens is 2. The van der Waals surface area contributed by atoms with Crippen LogP contribution in [0.2, 0.25) is 0 Å². The fourth-order valence-corrected chi connectivity index (χ4v) is 3.26. The highest BCUT2D eigenvalue weighted by Crippen LogP contribution is 2.27. The molecule has 0 spiro atoms. The zero-order valence-corrected chi connectivity index (χ0v) is 16.7. The molecule has 1 saturated heterocycles. The summed E-state index contributed by atoms with van der Waals surface area (Å²) in [6.07, 6.45) is 1.32. The standard InChI is InChI=1S/C19H24F2N4O2.ClH/c1-11(2)19-24-18(27-25-19)6-5-17(26)23-16-10-22-8-7-13(16)12-3-4-14(20)15(21)9-12;/h3-4,9,11,13,16,22H,5-8,10H2,1-2H3,(H,23,26);1H. The third-order valence-electron chi connectivity index (χ3n) is 4.77. The van der Waals surface area contributed by atoms with Crippen molar-refractivity contribution < 1.29 is 18.1 Å². The van der Waals surface area contributed by atoms with Crippen LogP contribution in [0.4, 0.5) is 8.78 Å². The Morgan fingerprint density at radius 1 is 1.36 bits per heavy atom. The summed E-state index contributed by atoms with van der Waals surface area (Å²) in [5.74, 6) is -0.710. The van der Waals surface area contributed by atoms with Crippen LogP contribution in [0.1, 0.15) is 55.8 Å². The molecule has 1 fully saturated rings. The zero-order chi connectivity index (χ0) is 19.4. The number of amides is 1. The van der Waals surface area contributed by atoms with Gasteiger partial charge in [0.25, 0.3) is 0 Å². The van der Waals surface area contributed by atoms with Crippen molar-refractivity contribution >= 4 is 18.3 Å². The molecule has 2 atom stereocenters. The second-order valence-electron chi connectivity index (χ2n) is 7.15. The number of hydrogen-bond acceptors (Lipinski definition) is 5. The Balaban J connectivity index is 0.00000280. The Kier molecular flexibility index (Phi) is 7.88. The van der Waals surface area contributed by atoms with E-state index in [1.807, 2.05) is 13.8 Å². The van der Waals surface area contributed by atoms with Crippen LogP contribution in [-0.2, 0) is 11.2 Å². The van der Waals surface area contributed by atoms with Crippen molar-refractivity contribution in [3.05, 3.63) is 47.1 Å². The van der Waals surface area contributed by atoms with Gasteiger partial charge in [-0.05, 0) is 30.7 Å². The molecule has 3 rings (SSSR count). The molecule has 2 aromatic rings. The average molecular weight is 415 g/mol. The number of halogens is 3. The average Bonchev–Trinajstić information content (AvgIpc) is 3.12. The molecule has 28 heavy (non-hydrogen) atoms. The molecule has 6 nitrogen and oxygen atoms in total. The molecule has 1 aliphatic rings. The van der Waals surface area contributed by atoms with Gasteiger partial charge in [0.2, 0.25) is 11.8 Å². The molecular formula is C19H25ClF2N4O2. The first kappa shape index (κ1) is 22.2. The van der Waals surface area contributed by atoms with Crippen molar-refractivity contribution in [2.75, 3.05) is 13.1 Å². The monoisotopic (exact) mass is 414 g/mol. The molecular weight excluding hydrogens is 390 g/mol. The number of carbonyl (C=O) groups excluding carboxylic acids is 1. The predicted octanol–water partition coefficient (Wildman–Crippen LogP) is 3.09. The van der Waals surface area contributed by atoms with Gasteiger partial charge in [0.1, 0.15) is 0 Å². The first-order valence-electron chi connectivity index (χ1n) is 9.21. The Labute approximate surface area is 168 Å². The molecule has 1 aromatic heterocycles. The summed E-state index contributed by atoms with van der Waals surface area (Å²) in [6.45, 7) is 5.27. The summed E-state index contributed by atoms with van der Waals surface area (Å²) in [7, 11) is 0. The first-order valence-corrected chi connectivity index (χ1v) is 9.21. The second-order valence-corrected chi connectivity index (χ2v) is 7.15. The van der Waals surface area contributed by atoms with Crippen molar-refractivity contribution in [3.8, 4) is 0 Å². The summed E-state index contributed by atoms with van der Waals surface area (Å²) in [6, 6.07) is 3.74. The number of piperidine rings is 1. The fourth-order valence-electron chi connectivity index (χ4n) is 3.26. The van der Waals surface area contributed by atoms with Gasteiger partial charge >= 0.3 is 0 Å². The van der Waals surface area contributed by atoms with Gasteiger partial charge in [-0.15, -0.1) is 12.4 Å². The van der Waals surface area contributed by atoms with E-state index < -0.39 is 11.6 Å². The third-order valence-corrected chi connectivity index (χ3v) is 4.77. The molecule has 154 valence electrons. The van der Waals surface area contributed by atoms with Gasteiger partial charge in [0, 0.05) is 37.3 Å². The van der Waals surface area contributed by atoms with E-state index in [9.17, 15) is 13.6 Å². The molecule has 0 saturated carbocycles. The van der Waals surface area contributed by atoms with E-state index in [4.69, 9.17) is 4.52 Å². The van der Waals surface area contributed by atoms with Crippen molar-refractivity contribution in [1.82, 2.24) is 20.8 Å². The largest absolute Gasteiger partial charge is 0.351 e. The highest BCUT2D eigenvalue weighted by Gasteiger charge is 2.28. The zero-order valence-electron chi connectivity index (χ0n) is 15.9. The Bertz CT molecular complexity index is 800. The van der Waals surface area contributed by atoms with Crippen LogP contribution in [0.3, 0.4) is 0 Å². The molecule has 1 aromatic carbocycles. The summed E-state index contributed by atoms with van der Waals surface area (Å²) in [4.78, 5) is 16.6. The number of nitrogens with one attached hydrogen (secondary N) is 2. The second kappa shape index (κ2) is 9.93. The smallest absolute Gasteiger partial charge is 0.227 e. The predicted molar refractivity (Wildman–Crippen MR) is 102 cm³/mol. The van der Waals surface area contributed by atoms with Crippen LogP contribution in [0.15, 0.2) is 22.7 Å². The van der Waals surface area contributed by atoms with Gasteiger partial charge in [0.05, 0.1) is 0 Å². The SMILES string of the molecule is CC(C)c1noc(CCC(=O)NC2CNCCC2c2ccc(F)c(F)c2)n1.Cl. The molecule has 2 N–H and O–H groups in total. The minimum atomic E-state index is -0.867. The highest BCUT2D eigenvalue weighted by atomic mass is 35.5. The Hall–Kier alpha value is -2.06. The summed E-state index contributed by atoms with van der Waals surface area (Å²) >= 11 is 0. The number of rotatable bonds is 6. The minimum Gasteiger partial charge on any atom is -0.351 e. The number of carbonyl (C=O) groups is 1. The molecule has 0 bridgehead atoms. The van der Waals surface area contributed by atoms with Gasteiger partial charge in [-0.2, -0.15) is 4.98 Å². The number of hydrogen-bond donors (Lipinski definition) is 2. The lowest BCUT2D eigenvalue weighted by molar-refractivity contribution is -0.122. The molecule has 2 unspecified atom stereocenters. The molecule has 0 aliphatic carbocycles. The van der Waals surface area contributed by atoms with E-state index >= 15 is 0 Å². The van der Waals surface area contributed by atoms with E-state index in [0.29, 0.717) is 30.2 Å². The van der Waals surface area contributed by atoms with Crippen molar-refractivity contribution in [2.24, 2.45) is 0 Å². The molecule has 1 amide bonds. The lowest BCUT2D eigenvalue weighted by Crippen LogP contribution is -2.50. The van der Waals surface area contributed by atoms with Crippen molar-refractivity contribution in [3.63, 3.8) is 0 Å². The molecule has 2 heterocycles. The minimum absolute atomic E-state index is 0. The number of benzene rings is 1. The quantitative estimate of drug-likeness (QED) is 0.759. The van der Waals surface area contributed by atoms with Crippen LogP contribution >= 0.6 is 12.4 Å². The number of nitrogens with zero attached hydrogens (tertiary/aromatic N) is 2. The summed E-state index contributed by atoms with van der Waals surface area (Å²) < 4.78 is 31.9. The van der Waals surface area contributed by atoms with E-state index in [-0.39, 0.29) is 42.6 Å². The van der Waals surface area contributed by atoms with E-state index in [1.165, 1.54) is 6.07 Å². The maximum absolute atomic E-state index is 13.6. The van der Waals surface area contributed by atoms with Gasteiger partial charge < -0.3 is 15.2 Å². The van der Waals surface area contributed by atoms with Crippen LogP contribution < -0.4 is 10.6 Å². The normalized spacial score (nSPS) is 19.3. The molecule has 0 radical (unpaired) electrons. The van der Waals surface area contributed by atoms with E-state index in [0.717, 1.165) is 19.0 Å². The Morgan fingerprint density at radius 3 is 2.82 bits per heavy atom. The molecule has 1 aliphatic heterocycles. The first-order chi connectivity index (χ1) is 12.9. The van der Waals surface area contributed by atoms with Gasteiger partial charge in [-0.25, -0.2) is 8.78 Å². The number of aryl methyl sites for hydroxylation is 1. The van der Waals surface area contributed by atoms with Crippen LogP contribution in [0.5, 0.6) is 0 Å². The fraction of sp³-hybridized carbons (Fsp3) is 0.526.